The summed E-state index contributed by atoms with van der Waals surface area (Å²) in [5.41, 5.74) is 1.18. The Balaban J connectivity index is 2.15. The Morgan fingerprint density at radius 2 is 1.86 bits per heavy atom. The van der Waals surface area contributed by atoms with E-state index in [4.69, 9.17) is 10.4 Å². The van der Waals surface area contributed by atoms with Gasteiger partial charge < -0.3 is 5.11 Å². The third-order valence-electron chi connectivity index (χ3n) is 3.84. The lowest BCUT2D eigenvalue weighted by Gasteiger charge is -2.27. The highest BCUT2D eigenvalue weighted by Gasteiger charge is 2.31. The maximum Gasteiger partial charge on any atom is 0.218 e. The number of rotatable bonds is 6. The van der Waals surface area contributed by atoms with Gasteiger partial charge in [-0.3, -0.25) is 0 Å². The fraction of sp³-hybridized carbons (Fsp3) is 0.533. The first-order chi connectivity index (χ1) is 10.1. The van der Waals surface area contributed by atoms with Crippen molar-refractivity contribution in [3.63, 3.8) is 0 Å². The third-order valence-corrected chi connectivity index (χ3v) is 5.74. The summed E-state index contributed by atoms with van der Waals surface area (Å²) in [4.78, 5) is 0. The molecule has 6 heteroatoms. The number of hydrogen-bond acceptors (Lipinski definition) is 4. The number of hydrogen-bond donors (Lipinski definition) is 1. The Morgan fingerprint density at radius 3 is 2.38 bits per heavy atom. The molecule has 0 unspecified atom stereocenters. The molecule has 5 nitrogen and oxygen atoms in total. The van der Waals surface area contributed by atoms with Crippen molar-refractivity contribution in [3.8, 4) is 6.07 Å². The second-order valence-electron chi connectivity index (χ2n) is 5.34. The fourth-order valence-electron chi connectivity index (χ4n) is 2.81. The van der Waals surface area contributed by atoms with Gasteiger partial charge in [-0.15, -0.1) is 0 Å². The van der Waals surface area contributed by atoms with Crippen LogP contribution in [0.25, 0.3) is 0 Å². The number of aliphatic hydroxyl groups is 1. The van der Waals surface area contributed by atoms with Crippen molar-refractivity contribution in [2.24, 2.45) is 0 Å². The van der Waals surface area contributed by atoms with Crippen LogP contribution in [0.5, 0.6) is 0 Å². The zero-order valence-corrected chi connectivity index (χ0v) is 12.7. The van der Waals surface area contributed by atoms with E-state index in [-0.39, 0.29) is 24.9 Å². The lowest BCUT2D eigenvalue weighted by atomic mass is 10.2. The molecule has 1 aromatic carbocycles. The van der Waals surface area contributed by atoms with E-state index < -0.39 is 10.0 Å². The zero-order chi connectivity index (χ0) is 15.3. The molecule has 0 bridgehead atoms. The van der Waals surface area contributed by atoms with E-state index in [1.165, 1.54) is 4.31 Å². The van der Waals surface area contributed by atoms with E-state index in [0.29, 0.717) is 11.1 Å². The first-order valence-corrected chi connectivity index (χ1v) is 8.77. The molecule has 0 aromatic heterocycles. The molecule has 1 aliphatic rings. The quantitative estimate of drug-likeness (QED) is 0.866. The Morgan fingerprint density at radius 1 is 1.24 bits per heavy atom. The highest BCUT2D eigenvalue weighted by molar-refractivity contribution is 7.88. The van der Waals surface area contributed by atoms with Gasteiger partial charge in [0.05, 0.1) is 24.0 Å². The molecule has 0 spiro atoms. The zero-order valence-electron chi connectivity index (χ0n) is 11.9. The maximum absolute atomic E-state index is 12.6. The predicted molar refractivity (Wildman–Crippen MR) is 79.8 cm³/mol. The summed E-state index contributed by atoms with van der Waals surface area (Å²) < 4.78 is 26.6. The molecule has 1 aliphatic carbocycles. The van der Waals surface area contributed by atoms with E-state index in [0.717, 1.165) is 25.7 Å². The second-order valence-corrected chi connectivity index (χ2v) is 7.26. The highest BCUT2D eigenvalue weighted by atomic mass is 32.2. The monoisotopic (exact) mass is 308 g/mol. The summed E-state index contributed by atoms with van der Waals surface area (Å²) in [5.74, 6) is -0.0881. The van der Waals surface area contributed by atoms with Crippen molar-refractivity contribution in [3.05, 3.63) is 35.4 Å². The Bertz CT molecular complexity index is 599. The number of nitriles is 1. The first kappa shape index (κ1) is 16.0. The van der Waals surface area contributed by atoms with Crippen molar-refractivity contribution in [2.75, 3.05) is 13.2 Å². The van der Waals surface area contributed by atoms with Gasteiger partial charge in [0, 0.05) is 12.6 Å². The van der Waals surface area contributed by atoms with Gasteiger partial charge in [-0.1, -0.05) is 25.0 Å². The second kappa shape index (κ2) is 7.03. The Hall–Kier alpha value is -1.42. The summed E-state index contributed by atoms with van der Waals surface area (Å²) in [6.45, 7) is -0.00756. The summed E-state index contributed by atoms with van der Waals surface area (Å²) in [6, 6.07) is 8.61. The van der Waals surface area contributed by atoms with Crippen molar-refractivity contribution >= 4 is 10.0 Å². The molecule has 114 valence electrons. The average molecular weight is 308 g/mol. The molecule has 0 amide bonds. The van der Waals surface area contributed by atoms with Crippen LogP contribution in [-0.2, 0) is 15.8 Å². The van der Waals surface area contributed by atoms with Gasteiger partial charge in [-0.05, 0) is 30.5 Å². The average Bonchev–Trinajstić information content (AvgIpc) is 2.98. The highest BCUT2D eigenvalue weighted by Crippen LogP contribution is 2.26. The SMILES string of the molecule is N#Cc1ccc(CS(=O)(=O)N(CCO)C2CCCC2)cc1. The van der Waals surface area contributed by atoms with Crippen LogP contribution >= 0.6 is 0 Å². The summed E-state index contributed by atoms with van der Waals surface area (Å²) in [5, 5.41) is 17.9. The van der Waals surface area contributed by atoms with Gasteiger partial charge in [0.25, 0.3) is 0 Å². The van der Waals surface area contributed by atoms with Crippen LogP contribution in [-0.4, -0.2) is 37.0 Å². The Labute approximate surface area is 125 Å². The molecule has 21 heavy (non-hydrogen) atoms. The smallest absolute Gasteiger partial charge is 0.218 e. The van der Waals surface area contributed by atoms with Crippen LogP contribution in [0.2, 0.25) is 0 Å². The minimum Gasteiger partial charge on any atom is -0.395 e. The number of nitrogens with zero attached hydrogens (tertiary/aromatic N) is 2. The molecule has 0 atom stereocenters. The lowest BCUT2D eigenvalue weighted by molar-refractivity contribution is 0.226. The Kier molecular flexibility index (Phi) is 5.34. The molecule has 0 aliphatic heterocycles. The van der Waals surface area contributed by atoms with Crippen LogP contribution in [0, 0.1) is 11.3 Å². The molecule has 1 N–H and O–H groups in total. The van der Waals surface area contributed by atoms with Gasteiger partial charge in [-0.2, -0.15) is 9.57 Å². The molecular weight excluding hydrogens is 288 g/mol. The van der Waals surface area contributed by atoms with Gasteiger partial charge >= 0.3 is 0 Å². The molecule has 0 radical (unpaired) electrons. The molecule has 2 rings (SSSR count). The third kappa shape index (κ3) is 4.03. The predicted octanol–water partition coefficient (Wildman–Crippen LogP) is 1.62. The van der Waals surface area contributed by atoms with Gasteiger partial charge in [0.15, 0.2) is 0 Å². The van der Waals surface area contributed by atoms with Crippen LogP contribution in [0.15, 0.2) is 24.3 Å². The van der Waals surface area contributed by atoms with E-state index in [2.05, 4.69) is 0 Å². The van der Waals surface area contributed by atoms with Gasteiger partial charge in [0.2, 0.25) is 10.0 Å². The van der Waals surface area contributed by atoms with Crippen molar-refractivity contribution in [2.45, 2.75) is 37.5 Å². The van der Waals surface area contributed by atoms with Gasteiger partial charge in [0.1, 0.15) is 0 Å². The topological polar surface area (TPSA) is 81.4 Å². The summed E-state index contributed by atoms with van der Waals surface area (Å²) >= 11 is 0. The van der Waals surface area contributed by atoms with Gasteiger partial charge in [-0.25, -0.2) is 8.42 Å². The summed E-state index contributed by atoms with van der Waals surface area (Å²) in [6.07, 6.45) is 3.82. The fourth-order valence-corrected chi connectivity index (χ4v) is 4.61. The minimum atomic E-state index is -3.45. The number of benzene rings is 1. The van der Waals surface area contributed by atoms with Crippen LogP contribution in [0.4, 0.5) is 0 Å². The van der Waals surface area contributed by atoms with Crippen LogP contribution in [0.3, 0.4) is 0 Å². The summed E-state index contributed by atoms with van der Waals surface area (Å²) in [7, 11) is -3.45. The molecule has 1 fully saturated rings. The first-order valence-electron chi connectivity index (χ1n) is 7.16. The van der Waals surface area contributed by atoms with E-state index in [1.54, 1.807) is 24.3 Å². The standard InChI is InChI=1S/C15H20N2O3S/c16-11-13-5-7-14(8-6-13)12-21(19,20)17(9-10-18)15-3-1-2-4-15/h5-8,15,18H,1-4,9-10,12H2. The van der Waals surface area contributed by atoms with E-state index in [9.17, 15) is 8.42 Å². The normalized spacial score (nSPS) is 16.2. The molecule has 0 heterocycles. The molecular formula is C15H20N2O3S. The molecule has 0 saturated heterocycles. The van der Waals surface area contributed by atoms with Crippen LogP contribution < -0.4 is 0 Å². The molecule has 1 saturated carbocycles. The minimum absolute atomic E-state index is 0.0144. The largest absolute Gasteiger partial charge is 0.395 e. The van der Waals surface area contributed by atoms with Crippen molar-refractivity contribution in [1.29, 1.82) is 5.26 Å². The molecule has 1 aromatic rings. The van der Waals surface area contributed by atoms with Crippen molar-refractivity contribution in [1.82, 2.24) is 4.31 Å². The maximum atomic E-state index is 12.6. The van der Waals surface area contributed by atoms with Crippen LogP contribution in [0.1, 0.15) is 36.8 Å². The number of aliphatic hydroxyl groups excluding tert-OH is 1. The van der Waals surface area contributed by atoms with Crippen molar-refractivity contribution < 1.29 is 13.5 Å². The lowest BCUT2D eigenvalue weighted by Crippen LogP contribution is -2.41. The van der Waals surface area contributed by atoms with E-state index >= 15 is 0 Å². The van der Waals surface area contributed by atoms with E-state index in [1.807, 2.05) is 6.07 Å². The number of sulfonamides is 1.